The Labute approximate surface area is 71.2 Å². The Morgan fingerprint density at radius 3 is 2.40 bits per heavy atom. The van der Waals surface area contributed by atoms with E-state index in [1.807, 2.05) is 0 Å². The van der Waals surface area contributed by atoms with Crippen molar-refractivity contribution >= 4 is 4.50 Å². The number of hydrogen-bond acceptors (Lipinski definition) is 1. The second kappa shape index (κ2) is 4.28. The summed E-state index contributed by atoms with van der Waals surface area (Å²) >= 11 is 2.99. The molecular formula is C8H15CrN. The van der Waals surface area contributed by atoms with E-state index in [0.29, 0.717) is 0 Å². The number of hydrogen-bond donors (Lipinski definition) is 1. The van der Waals surface area contributed by atoms with Crippen LogP contribution in [0, 0.1) is 0 Å². The van der Waals surface area contributed by atoms with Gasteiger partial charge in [0.1, 0.15) is 0 Å². The fraction of sp³-hybridized carbons (Fsp3) is 0.875. The first kappa shape index (κ1) is 8.46. The van der Waals surface area contributed by atoms with Crippen molar-refractivity contribution in [3.8, 4) is 0 Å². The van der Waals surface area contributed by atoms with Crippen molar-refractivity contribution in [1.29, 1.82) is 0 Å². The Morgan fingerprint density at radius 1 is 1.30 bits per heavy atom. The van der Waals surface area contributed by atoms with Gasteiger partial charge in [0.15, 0.2) is 0 Å². The van der Waals surface area contributed by atoms with Gasteiger partial charge in [-0.1, -0.05) is 0 Å². The summed E-state index contributed by atoms with van der Waals surface area (Å²) in [7, 11) is 0. The second-order valence-corrected chi connectivity index (χ2v) is 3.99. The van der Waals surface area contributed by atoms with Crippen molar-refractivity contribution in [2.24, 2.45) is 0 Å². The van der Waals surface area contributed by atoms with Gasteiger partial charge in [0.25, 0.3) is 0 Å². The summed E-state index contributed by atoms with van der Waals surface area (Å²) in [6, 6.07) is 0.759. The van der Waals surface area contributed by atoms with Crippen LogP contribution in [0.2, 0.25) is 0 Å². The molecule has 0 unspecified atom stereocenters. The summed E-state index contributed by atoms with van der Waals surface area (Å²) < 4.78 is 1.24. The van der Waals surface area contributed by atoms with E-state index in [1.165, 1.54) is 36.6 Å². The summed E-state index contributed by atoms with van der Waals surface area (Å²) in [6.45, 7) is 2.09. The molecule has 0 atom stereocenters. The normalized spacial score (nSPS) is 20.9. The van der Waals surface area contributed by atoms with Crippen molar-refractivity contribution in [2.75, 3.05) is 0 Å². The molecule has 0 aromatic heterocycles. The molecule has 0 amide bonds. The van der Waals surface area contributed by atoms with E-state index >= 15 is 0 Å². The number of rotatable bonds is 2. The van der Waals surface area contributed by atoms with E-state index < -0.39 is 0 Å². The van der Waals surface area contributed by atoms with Crippen LogP contribution in [0.25, 0.3) is 0 Å². The van der Waals surface area contributed by atoms with E-state index in [9.17, 15) is 0 Å². The Morgan fingerprint density at radius 2 is 1.90 bits per heavy atom. The van der Waals surface area contributed by atoms with Crippen LogP contribution in [0.3, 0.4) is 0 Å². The van der Waals surface area contributed by atoms with Crippen molar-refractivity contribution in [3.63, 3.8) is 0 Å². The second-order valence-electron chi connectivity index (χ2n) is 3.04. The molecule has 1 N–H and O–H groups in total. The maximum atomic E-state index is 3.44. The van der Waals surface area contributed by atoms with Gasteiger partial charge >= 0.3 is 70.7 Å². The van der Waals surface area contributed by atoms with E-state index in [1.54, 1.807) is 0 Å². The first-order chi connectivity index (χ1) is 4.79. The van der Waals surface area contributed by atoms with Crippen LogP contribution in [0.15, 0.2) is 0 Å². The summed E-state index contributed by atoms with van der Waals surface area (Å²) in [4.78, 5) is 0. The fourth-order valence-electron chi connectivity index (χ4n) is 1.53. The molecule has 0 heterocycles. The van der Waals surface area contributed by atoms with Crippen LogP contribution < -0.4 is 5.32 Å². The molecule has 1 fully saturated rings. The third kappa shape index (κ3) is 2.97. The number of nitrogens with one attached hydrogen (secondary N) is 1. The molecule has 0 radical (unpaired) electrons. The zero-order valence-corrected chi connectivity index (χ0v) is 7.80. The maximum absolute atomic E-state index is 3.44. The molecule has 1 aliphatic carbocycles. The van der Waals surface area contributed by atoms with Crippen LogP contribution in [-0.2, 0) is 15.9 Å². The molecule has 2 heteroatoms. The molecule has 0 saturated heterocycles. The first-order valence-corrected chi connectivity index (χ1v) is 4.70. The molecule has 1 saturated carbocycles. The van der Waals surface area contributed by atoms with Gasteiger partial charge < -0.3 is 0 Å². The van der Waals surface area contributed by atoms with E-state index in [4.69, 9.17) is 0 Å². The predicted molar refractivity (Wildman–Crippen MR) is 40.7 cm³/mol. The molecule has 0 aromatic carbocycles. The molecule has 0 bridgehead atoms. The van der Waals surface area contributed by atoms with Gasteiger partial charge in [0, 0.05) is 0 Å². The van der Waals surface area contributed by atoms with E-state index in [2.05, 4.69) is 28.1 Å². The van der Waals surface area contributed by atoms with Crippen molar-refractivity contribution in [2.45, 2.75) is 45.1 Å². The average molecular weight is 177 g/mol. The zero-order valence-electron chi connectivity index (χ0n) is 6.52. The van der Waals surface area contributed by atoms with Gasteiger partial charge in [-0.3, -0.25) is 0 Å². The Bertz CT molecular complexity index is 116. The summed E-state index contributed by atoms with van der Waals surface area (Å²) in [5.41, 5.74) is 0. The Hall–Kier alpha value is 0.362. The standard InChI is InChI=1S/C8H15N.Cr/c1-2-9-8-6-4-3-5-7-8;/h8-9H,3-7H2,1H3;. The van der Waals surface area contributed by atoms with Crippen molar-refractivity contribution in [1.82, 2.24) is 5.32 Å². The quantitative estimate of drug-likeness (QED) is 0.675. The van der Waals surface area contributed by atoms with Gasteiger partial charge in [-0.05, 0) is 0 Å². The molecule has 10 heavy (non-hydrogen) atoms. The SMILES string of the molecule is C[C](=[Cr])NC1CCCCC1. The molecule has 1 nitrogen and oxygen atoms in total. The topological polar surface area (TPSA) is 12.0 Å². The van der Waals surface area contributed by atoms with Crippen LogP contribution in [0.1, 0.15) is 39.0 Å². The molecule has 58 valence electrons. The minimum atomic E-state index is 0.759. The van der Waals surface area contributed by atoms with Gasteiger partial charge in [-0.2, -0.15) is 0 Å². The average Bonchev–Trinajstić information content (AvgIpc) is 1.88. The van der Waals surface area contributed by atoms with Crippen LogP contribution in [0.4, 0.5) is 0 Å². The van der Waals surface area contributed by atoms with Crippen LogP contribution >= 0.6 is 0 Å². The predicted octanol–water partition coefficient (Wildman–Crippen LogP) is 1.61. The van der Waals surface area contributed by atoms with Gasteiger partial charge in [0.05, 0.1) is 0 Å². The molecule has 1 aliphatic rings. The molecule has 0 aromatic rings. The molecule has 1 rings (SSSR count). The van der Waals surface area contributed by atoms with E-state index in [-0.39, 0.29) is 0 Å². The van der Waals surface area contributed by atoms with Crippen LogP contribution in [-0.4, -0.2) is 10.5 Å². The summed E-state index contributed by atoms with van der Waals surface area (Å²) in [6.07, 6.45) is 6.97. The third-order valence-corrected chi connectivity index (χ3v) is 2.20. The van der Waals surface area contributed by atoms with Gasteiger partial charge in [0.2, 0.25) is 0 Å². The zero-order chi connectivity index (χ0) is 7.40. The third-order valence-electron chi connectivity index (χ3n) is 2.01. The molecular weight excluding hydrogens is 162 g/mol. The summed E-state index contributed by atoms with van der Waals surface area (Å²) in [5.74, 6) is 0. The Kier molecular flexibility index (Phi) is 3.62. The molecule has 0 spiro atoms. The first-order valence-electron chi connectivity index (χ1n) is 4.06. The van der Waals surface area contributed by atoms with Crippen molar-refractivity contribution < 1.29 is 15.9 Å². The monoisotopic (exact) mass is 177 g/mol. The van der Waals surface area contributed by atoms with Crippen LogP contribution in [0.5, 0.6) is 0 Å². The van der Waals surface area contributed by atoms with Gasteiger partial charge in [-0.15, -0.1) is 0 Å². The summed E-state index contributed by atoms with van der Waals surface area (Å²) in [5, 5.41) is 3.44. The fourth-order valence-corrected chi connectivity index (χ4v) is 1.79. The Balaban J connectivity index is 2.19. The van der Waals surface area contributed by atoms with Crippen molar-refractivity contribution in [3.05, 3.63) is 0 Å². The van der Waals surface area contributed by atoms with E-state index in [0.717, 1.165) is 6.04 Å². The molecule has 0 aliphatic heterocycles. The minimum absolute atomic E-state index is 0.759. The van der Waals surface area contributed by atoms with Gasteiger partial charge in [-0.25, -0.2) is 0 Å².